The number of benzene rings is 1. The Labute approximate surface area is 183 Å². The van der Waals surface area contributed by atoms with Crippen molar-refractivity contribution >= 4 is 5.97 Å². The Bertz CT molecular complexity index is 1150. The van der Waals surface area contributed by atoms with Crippen molar-refractivity contribution < 1.29 is 27.4 Å². The Kier molecular flexibility index (Phi) is 5.06. The van der Waals surface area contributed by atoms with Crippen molar-refractivity contribution in [2.24, 2.45) is 5.92 Å². The van der Waals surface area contributed by atoms with Crippen LogP contribution in [0.2, 0.25) is 0 Å². The Morgan fingerprint density at radius 1 is 1.28 bits per heavy atom. The van der Waals surface area contributed by atoms with Gasteiger partial charge in [-0.3, -0.25) is 4.79 Å². The van der Waals surface area contributed by atoms with E-state index in [1.54, 1.807) is 17.6 Å². The van der Waals surface area contributed by atoms with Gasteiger partial charge in [0, 0.05) is 17.3 Å². The van der Waals surface area contributed by atoms with Crippen molar-refractivity contribution in [1.29, 1.82) is 0 Å². The smallest absolute Gasteiger partial charge is 0.343 e. The summed E-state index contributed by atoms with van der Waals surface area (Å²) < 4.78 is 55.5. The minimum Gasteiger partial charge on any atom is -0.493 e. The fourth-order valence-corrected chi connectivity index (χ4v) is 4.80. The number of fused-ring (bicyclic) bond motifs is 4. The van der Waals surface area contributed by atoms with Crippen molar-refractivity contribution in [3.63, 3.8) is 0 Å². The van der Waals surface area contributed by atoms with Crippen LogP contribution in [0.1, 0.15) is 66.9 Å². The highest BCUT2D eigenvalue weighted by Crippen LogP contribution is 2.51. The summed E-state index contributed by atoms with van der Waals surface area (Å²) in [6.45, 7) is 2.04. The molecule has 170 valence electrons. The van der Waals surface area contributed by atoms with Gasteiger partial charge in [-0.2, -0.15) is 0 Å². The van der Waals surface area contributed by atoms with Crippen LogP contribution in [0, 0.1) is 11.7 Å². The lowest BCUT2D eigenvalue weighted by molar-refractivity contribution is 0.0520. The molecule has 0 amide bonds. The molecule has 0 N–H and O–H groups in total. The molecule has 1 aromatic carbocycles. The molecule has 2 heterocycles. The fraction of sp³-hybridized carbons (Fsp3) is 0.500. The number of halogens is 3. The first-order chi connectivity index (χ1) is 15.3. The number of ether oxygens (including phenoxy) is 2. The monoisotopic (exact) mass is 447 g/mol. The van der Waals surface area contributed by atoms with Crippen LogP contribution in [0.4, 0.5) is 13.2 Å². The van der Waals surface area contributed by atoms with Crippen LogP contribution in [0.25, 0.3) is 11.3 Å². The van der Waals surface area contributed by atoms with E-state index in [9.17, 15) is 18.4 Å². The molecule has 2 aliphatic carbocycles. The van der Waals surface area contributed by atoms with Crippen molar-refractivity contribution in [2.45, 2.75) is 57.4 Å². The van der Waals surface area contributed by atoms with Gasteiger partial charge in [-0.25, -0.2) is 18.0 Å². The lowest BCUT2D eigenvalue weighted by Crippen LogP contribution is -2.47. The molecule has 5 nitrogen and oxygen atoms in total. The van der Waals surface area contributed by atoms with Gasteiger partial charge in [-0.05, 0) is 69.1 Å². The van der Waals surface area contributed by atoms with Crippen LogP contribution in [0.15, 0.2) is 23.1 Å². The number of rotatable bonds is 6. The minimum atomic E-state index is -2.81. The molecule has 3 aliphatic rings. The summed E-state index contributed by atoms with van der Waals surface area (Å²) in [5, 5.41) is 0. The Morgan fingerprint density at radius 3 is 2.62 bits per heavy atom. The standard InChI is InChI=1S/C24H24F3NO4/c1-2-31-23(30)17-11-28-20(19(25)21(17)29)15-9-16(22(26)27)18(32-12-13-4-5-13)8-14(15)10-24(28)6-3-7-24/h8-9,11,13,22H,2-7,10,12H2,1H3. The number of hydrogen-bond acceptors (Lipinski definition) is 4. The van der Waals surface area contributed by atoms with Gasteiger partial charge >= 0.3 is 5.97 Å². The second-order valence-electron chi connectivity index (χ2n) is 8.98. The van der Waals surface area contributed by atoms with Crippen LogP contribution in [-0.2, 0) is 16.7 Å². The van der Waals surface area contributed by atoms with E-state index in [2.05, 4.69) is 0 Å². The zero-order chi connectivity index (χ0) is 22.6. The van der Waals surface area contributed by atoms with E-state index in [0.717, 1.165) is 32.1 Å². The number of aromatic nitrogens is 1. The highest BCUT2D eigenvalue weighted by molar-refractivity contribution is 5.89. The molecule has 0 saturated heterocycles. The van der Waals surface area contributed by atoms with Crippen molar-refractivity contribution in [3.05, 3.63) is 51.1 Å². The number of carbonyl (C=O) groups excluding carboxylic acids is 1. The topological polar surface area (TPSA) is 57.5 Å². The van der Waals surface area contributed by atoms with Gasteiger partial charge in [0.15, 0.2) is 5.82 Å². The van der Waals surface area contributed by atoms with E-state index in [-0.39, 0.29) is 34.7 Å². The predicted molar refractivity (Wildman–Crippen MR) is 111 cm³/mol. The molecule has 0 bridgehead atoms. The molecule has 5 rings (SSSR count). The summed E-state index contributed by atoms with van der Waals surface area (Å²) in [6.07, 6.45) is 3.47. The highest BCUT2D eigenvalue weighted by Gasteiger charge is 2.45. The van der Waals surface area contributed by atoms with Gasteiger partial charge < -0.3 is 14.0 Å². The lowest BCUT2D eigenvalue weighted by atomic mass is 9.69. The van der Waals surface area contributed by atoms with E-state index in [0.29, 0.717) is 24.5 Å². The third-order valence-electron chi connectivity index (χ3n) is 6.86. The molecule has 0 radical (unpaired) electrons. The van der Waals surface area contributed by atoms with Crippen LogP contribution < -0.4 is 10.2 Å². The first kappa shape index (κ1) is 21.1. The highest BCUT2D eigenvalue weighted by atomic mass is 19.3. The first-order valence-electron chi connectivity index (χ1n) is 11.1. The number of esters is 1. The van der Waals surface area contributed by atoms with Gasteiger partial charge in [-0.1, -0.05) is 0 Å². The van der Waals surface area contributed by atoms with Crippen LogP contribution >= 0.6 is 0 Å². The molecule has 2 fully saturated rings. The van der Waals surface area contributed by atoms with Crippen LogP contribution in [0.3, 0.4) is 0 Å². The molecular formula is C24H24F3NO4. The summed E-state index contributed by atoms with van der Waals surface area (Å²) in [5.74, 6) is -1.48. The predicted octanol–water partition coefficient (Wildman–Crippen LogP) is 4.99. The van der Waals surface area contributed by atoms with Crippen molar-refractivity contribution in [3.8, 4) is 17.0 Å². The van der Waals surface area contributed by atoms with Gasteiger partial charge in [0.25, 0.3) is 6.43 Å². The maximum atomic E-state index is 15.5. The molecule has 8 heteroatoms. The van der Waals surface area contributed by atoms with Gasteiger partial charge in [0.1, 0.15) is 11.3 Å². The largest absolute Gasteiger partial charge is 0.493 e. The maximum Gasteiger partial charge on any atom is 0.343 e. The zero-order valence-corrected chi connectivity index (χ0v) is 17.8. The third-order valence-corrected chi connectivity index (χ3v) is 6.86. The van der Waals surface area contributed by atoms with Crippen molar-refractivity contribution in [2.75, 3.05) is 13.2 Å². The van der Waals surface area contributed by atoms with E-state index in [1.807, 2.05) is 0 Å². The number of alkyl halides is 2. The summed E-state index contributed by atoms with van der Waals surface area (Å²) in [7, 11) is 0. The number of nitrogens with zero attached hydrogens (tertiary/aromatic N) is 1. The Hall–Kier alpha value is -2.77. The van der Waals surface area contributed by atoms with Gasteiger partial charge in [-0.15, -0.1) is 0 Å². The van der Waals surface area contributed by atoms with E-state index >= 15 is 4.39 Å². The molecule has 0 atom stereocenters. The number of hydrogen-bond donors (Lipinski definition) is 0. The SMILES string of the molecule is CCOC(=O)c1cn2c(c(F)c1=O)-c1cc(C(F)F)c(OCC3CC3)cc1CC21CCC1. The molecular weight excluding hydrogens is 423 g/mol. The zero-order valence-electron chi connectivity index (χ0n) is 17.8. The van der Waals surface area contributed by atoms with E-state index in [1.165, 1.54) is 12.3 Å². The molecule has 1 spiro atoms. The van der Waals surface area contributed by atoms with Crippen LogP contribution in [-0.4, -0.2) is 23.8 Å². The normalized spacial score (nSPS) is 18.2. The fourth-order valence-electron chi connectivity index (χ4n) is 4.80. The first-order valence-corrected chi connectivity index (χ1v) is 11.1. The molecule has 1 aromatic heterocycles. The number of pyridine rings is 1. The molecule has 2 saturated carbocycles. The second kappa shape index (κ2) is 7.67. The Morgan fingerprint density at radius 2 is 2.03 bits per heavy atom. The summed E-state index contributed by atoms with van der Waals surface area (Å²) >= 11 is 0. The van der Waals surface area contributed by atoms with Gasteiger partial charge in [0.05, 0.1) is 24.5 Å². The molecule has 1 aliphatic heterocycles. The average Bonchev–Trinajstić information content (AvgIpc) is 3.56. The third kappa shape index (κ3) is 3.31. The quantitative estimate of drug-likeness (QED) is 0.586. The van der Waals surface area contributed by atoms with Crippen molar-refractivity contribution in [1.82, 2.24) is 4.57 Å². The lowest BCUT2D eigenvalue weighted by Gasteiger charge is -2.49. The maximum absolute atomic E-state index is 15.5. The molecule has 0 unspecified atom stereocenters. The Balaban J connectivity index is 1.69. The minimum absolute atomic E-state index is 0.0420. The van der Waals surface area contributed by atoms with Gasteiger partial charge in [0.2, 0.25) is 5.43 Å². The summed E-state index contributed by atoms with van der Waals surface area (Å²) in [5.41, 5.74) is -1.38. The molecule has 2 aromatic rings. The van der Waals surface area contributed by atoms with E-state index in [4.69, 9.17) is 9.47 Å². The van der Waals surface area contributed by atoms with E-state index < -0.39 is 29.2 Å². The summed E-state index contributed by atoms with van der Waals surface area (Å²) in [4.78, 5) is 25.0. The van der Waals surface area contributed by atoms with Crippen LogP contribution in [0.5, 0.6) is 5.75 Å². The number of carbonyl (C=O) groups is 1. The second-order valence-corrected chi connectivity index (χ2v) is 8.98. The molecule has 32 heavy (non-hydrogen) atoms. The summed E-state index contributed by atoms with van der Waals surface area (Å²) in [6, 6.07) is 2.83. The average molecular weight is 447 g/mol.